The lowest BCUT2D eigenvalue weighted by Crippen LogP contribution is -2.46. The van der Waals surface area contributed by atoms with Gasteiger partial charge in [-0.3, -0.25) is 9.59 Å². The second-order valence-electron chi connectivity index (χ2n) is 6.72. The Morgan fingerprint density at radius 2 is 1.63 bits per heavy atom. The molecular weight excluding hydrogens is 348 g/mol. The highest BCUT2D eigenvalue weighted by Crippen LogP contribution is 2.35. The molecule has 2 aromatic rings. The van der Waals surface area contributed by atoms with E-state index < -0.39 is 17.2 Å². The van der Waals surface area contributed by atoms with E-state index >= 15 is 0 Å². The zero-order valence-electron chi connectivity index (χ0n) is 15.0. The number of aryl methyl sites for hydroxylation is 1. The molecule has 27 heavy (non-hydrogen) atoms. The fraction of sp³-hybridized carbons (Fsp3) is 0.300. The first-order valence-electron chi connectivity index (χ1n) is 8.77. The third-order valence-corrected chi connectivity index (χ3v) is 4.82. The summed E-state index contributed by atoms with van der Waals surface area (Å²) in [6, 6.07) is 9.61. The highest BCUT2D eigenvalue weighted by molar-refractivity contribution is 5.96. The molecule has 142 valence electrons. The minimum Gasteiger partial charge on any atom is -0.504 e. The second kappa shape index (κ2) is 7.57. The molecule has 0 saturated carbocycles. The predicted molar refractivity (Wildman–Crippen MR) is 99.0 cm³/mol. The molecule has 2 aromatic carbocycles. The Kier molecular flexibility index (Phi) is 5.21. The van der Waals surface area contributed by atoms with E-state index in [1.807, 2.05) is 25.1 Å². The number of aromatic hydroxyl groups is 3. The molecule has 1 fully saturated rings. The first-order valence-corrected chi connectivity index (χ1v) is 8.77. The van der Waals surface area contributed by atoms with E-state index in [1.54, 1.807) is 11.0 Å². The predicted octanol–water partition coefficient (Wildman–Crippen LogP) is 2.15. The largest absolute Gasteiger partial charge is 0.504 e. The van der Waals surface area contributed by atoms with E-state index in [-0.39, 0.29) is 23.4 Å². The third kappa shape index (κ3) is 3.97. The number of amides is 2. The van der Waals surface area contributed by atoms with Gasteiger partial charge in [0.15, 0.2) is 17.2 Å². The van der Waals surface area contributed by atoms with Gasteiger partial charge in [-0.2, -0.15) is 0 Å². The summed E-state index contributed by atoms with van der Waals surface area (Å²) in [6.45, 7) is 2.78. The van der Waals surface area contributed by atoms with E-state index in [2.05, 4.69) is 5.32 Å². The number of hydrogen-bond donors (Lipinski definition) is 4. The average molecular weight is 370 g/mol. The summed E-state index contributed by atoms with van der Waals surface area (Å²) in [5, 5.41) is 31.5. The molecule has 0 atom stereocenters. The third-order valence-electron chi connectivity index (χ3n) is 4.82. The van der Waals surface area contributed by atoms with Gasteiger partial charge >= 0.3 is 0 Å². The van der Waals surface area contributed by atoms with Crippen LogP contribution in [0.3, 0.4) is 0 Å². The Balaban J connectivity index is 1.59. The summed E-state index contributed by atoms with van der Waals surface area (Å²) < 4.78 is 0. The van der Waals surface area contributed by atoms with E-state index in [0.29, 0.717) is 31.5 Å². The summed E-state index contributed by atoms with van der Waals surface area (Å²) in [5.74, 6) is -2.20. The molecule has 1 saturated heterocycles. The number of piperidine rings is 1. The lowest BCUT2D eigenvalue weighted by molar-refractivity contribution is 0.0697. The number of hydrogen-bond acceptors (Lipinski definition) is 5. The van der Waals surface area contributed by atoms with Crippen LogP contribution in [0, 0.1) is 6.92 Å². The lowest BCUT2D eigenvalue weighted by atomic mass is 10.0. The van der Waals surface area contributed by atoms with Crippen molar-refractivity contribution in [1.29, 1.82) is 0 Å². The zero-order valence-corrected chi connectivity index (χ0v) is 15.0. The second-order valence-corrected chi connectivity index (χ2v) is 6.72. The number of phenolic OH excluding ortho intramolecular Hbond substituents is 3. The molecule has 0 radical (unpaired) electrons. The summed E-state index contributed by atoms with van der Waals surface area (Å²) in [4.78, 5) is 26.6. The average Bonchev–Trinajstić information content (AvgIpc) is 2.66. The number of carbonyl (C=O) groups excluding carboxylic acids is 2. The molecule has 0 spiro atoms. The molecule has 3 rings (SSSR count). The normalized spacial score (nSPS) is 14.8. The standard InChI is InChI=1S/C20H22N2O5/c1-12-4-2-3-5-15(12)19(26)21-14-6-8-22(9-7-14)20(27)13-10-16(23)18(25)17(24)11-13/h2-5,10-11,14,23-25H,6-9H2,1H3,(H,21,26). The first-order chi connectivity index (χ1) is 12.9. The van der Waals surface area contributed by atoms with Crippen LogP contribution in [0.4, 0.5) is 0 Å². The molecule has 7 heteroatoms. The fourth-order valence-electron chi connectivity index (χ4n) is 3.23. The number of benzene rings is 2. The molecule has 1 heterocycles. The molecule has 4 N–H and O–H groups in total. The van der Waals surface area contributed by atoms with Gasteiger partial charge in [0.1, 0.15) is 0 Å². The number of rotatable bonds is 3. The van der Waals surface area contributed by atoms with Crippen LogP contribution in [0.2, 0.25) is 0 Å². The van der Waals surface area contributed by atoms with Crippen molar-refractivity contribution in [2.24, 2.45) is 0 Å². The minimum absolute atomic E-state index is 0.0252. The van der Waals surface area contributed by atoms with Gasteiger partial charge in [-0.05, 0) is 43.5 Å². The summed E-state index contributed by atoms with van der Waals surface area (Å²) >= 11 is 0. The summed E-state index contributed by atoms with van der Waals surface area (Å²) in [6.07, 6.45) is 1.22. The van der Waals surface area contributed by atoms with Crippen LogP contribution in [0.15, 0.2) is 36.4 Å². The molecule has 1 aliphatic rings. The van der Waals surface area contributed by atoms with Gasteiger partial charge in [0.05, 0.1) is 0 Å². The van der Waals surface area contributed by atoms with Crippen molar-refractivity contribution in [1.82, 2.24) is 10.2 Å². The molecule has 1 aliphatic heterocycles. The van der Waals surface area contributed by atoms with Gasteiger partial charge < -0.3 is 25.5 Å². The van der Waals surface area contributed by atoms with Crippen LogP contribution in [0.1, 0.15) is 39.1 Å². The quantitative estimate of drug-likeness (QED) is 0.619. The van der Waals surface area contributed by atoms with Gasteiger partial charge in [-0.15, -0.1) is 0 Å². The van der Waals surface area contributed by atoms with Crippen LogP contribution >= 0.6 is 0 Å². The van der Waals surface area contributed by atoms with E-state index in [4.69, 9.17) is 0 Å². The van der Waals surface area contributed by atoms with Gasteiger partial charge in [0, 0.05) is 30.3 Å². The van der Waals surface area contributed by atoms with Crippen LogP contribution in [-0.4, -0.2) is 51.2 Å². The van der Waals surface area contributed by atoms with Crippen molar-refractivity contribution in [3.63, 3.8) is 0 Å². The van der Waals surface area contributed by atoms with Crippen LogP contribution < -0.4 is 5.32 Å². The van der Waals surface area contributed by atoms with Gasteiger partial charge in [0.25, 0.3) is 11.8 Å². The summed E-state index contributed by atoms with van der Waals surface area (Å²) in [5.41, 5.74) is 1.66. The number of carbonyl (C=O) groups is 2. The molecule has 2 amide bonds. The Labute approximate surface area is 156 Å². The maximum atomic E-state index is 12.5. The van der Waals surface area contributed by atoms with E-state index in [9.17, 15) is 24.9 Å². The molecule has 0 unspecified atom stereocenters. The first kappa shape index (κ1) is 18.6. The topological polar surface area (TPSA) is 110 Å². The smallest absolute Gasteiger partial charge is 0.254 e. The van der Waals surface area contributed by atoms with Crippen molar-refractivity contribution in [2.75, 3.05) is 13.1 Å². The van der Waals surface area contributed by atoms with Gasteiger partial charge in [0.2, 0.25) is 0 Å². The Morgan fingerprint density at radius 3 is 2.22 bits per heavy atom. The monoisotopic (exact) mass is 370 g/mol. The lowest BCUT2D eigenvalue weighted by Gasteiger charge is -2.32. The molecular formula is C20H22N2O5. The van der Waals surface area contributed by atoms with Crippen molar-refractivity contribution < 1.29 is 24.9 Å². The fourth-order valence-corrected chi connectivity index (χ4v) is 3.23. The van der Waals surface area contributed by atoms with E-state index in [1.165, 1.54) is 0 Å². The highest BCUT2D eigenvalue weighted by Gasteiger charge is 2.26. The number of phenols is 3. The molecule has 0 aromatic heterocycles. The zero-order chi connectivity index (χ0) is 19.6. The van der Waals surface area contributed by atoms with Crippen molar-refractivity contribution >= 4 is 11.8 Å². The van der Waals surface area contributed by atoms with E-state index in [0.717, 1.165) is 17.7 Å². The van der Waals surface area contributed by atoms with Gasteiger partial charge in [-0.1, -0.05) is 18.2 Å². The molecule has 7 nitrogen and oxygen atoms in total. The Morgan fingerprint density at radius 1 is 1.04 bits per heavy atom. The number of nitrogens with one attached hydrogen (secondary N) is 1. The maximum absolute atomic E-state index is 12.5. The number of likely N-dealkylation sites (tertiary alicyclic amines) is 1. The minimum atomic E-state index is -0.649. The van der Waals surface area contributed by atoms with Crippen molar-refractivity contribution in [3.8, 4) is 17.2 Å². The Hall–Kier alpha value is -3.22. The Bertz CT molecular complexity index is 849. The highest BCUT2D eigenvalue weighted by atomic mass is 16.3. The summed E-state index contributed by atoms with van der Waals surface area (Å²) in [7, 11) is 0. The maximum Gasteiger partial charge on any atom is 0.254 e. The van der Waals surface area contributed by atoms with Crippen molar-refractivity contribution in [2.45, 2.75) is 25.8 Å². The molecule has 0 aliphatic carbocycles. The van der Waals surface area contributed by atoms with Crippen LogP contribution in [0.5, 0.6) is 17.2 Å². The molecule has 0 bridgehead atoms. The van der Waals surface area contributed by atoms with Gasteiger partial charge in [-0.25, -0.2) is 0 Å². The van der Waals surface area contributed by atoms with Crippen LogP contribution in [-0.2, 0) is 0 Å². The van der Waals surface area contributed by atoms with Crippen molar-refractivity contribution in [3.05, 3.63) is 53.1 Å². The van der Waals surface area contributed by atoms with Crippen LogP contribution in [0.25, 0.3) is 0 Å². The SMILES string of the molecule is Cc1ccccc1C(=O)NC1CCN(C(=O)c2cc(O)c(O)c(O)c2)CC1. The number of nitrogens with zero attached hydrogens (tertiary/aromatic N) is 1.